The van der Waals surface area contributed by atoms with Crippen LogP contribution in [0.5, 0.6) is 0 Å². The van der Waals surface area contributed by atoms with Crippen LogP contribution in [0.4, 0.5) is 0 Å². The Balaban J connectivity index is 1.72. The number of thiophene rings is 2. The van der Waals surface area contributed by atoms with Crippen molar-refractivity contribution in [1.29, 1.82) is 0 Å². The molecule has 1 aliphatic rings. The molecule has 29 heavy (non-hydrogen) atoms. The maximum Gasteiger partial charge on any atom is 0.185 e. The van der Waals surface area contributed by atoms with Gasteiger partial charge in [-0.25, -0.2) is 0 Å². The van der Waals surface area contributed by atoms with Crippen LogP contribution in [0.1, 0.15) is 66.5 Å². The van der Waals surface area contributed by atoms with Gasteiger partial charge in [0, 0.05) is 20.2 Å². The zero-order valence-corrected chi connectivity index (χ0v) is 19.1. The van der Waals surface area contributed by atoms with Crippen LogP contribution in [0.25, 0.3) is 17.2 Å². The van der Waals surface area contributed by atoms with Gasteiger partial charge in [0.05, 0.1) is 0 Å². The molecule has 1 nitrogen and oxygen atoms in total. The first-order valence-electron chi connectivity index (χ1n) is 10.1. The van der Waals surface area contributed by atoms with Crippen LogP contribution >= 0.6 is 22.7 Å². The van der Waals surface area contributed by atoms with Crippen LogP contribution in [0.15, 0.2) is 41.8 Å². The first-order chi connectivity index (χ1) is 14.0. The van der Waals surface area contributed by atoms with Gasteiger partial charge in [0.15, 0.2) is 5.78 Å². The Morgan fingerprint density at radius 1 is 0.931 bits per heavy atom. The van der Waals surface area contributed by atoms with Gasteiger partial charge in [-0.05, 0) is 97.9 Å². The summed E-state index contributed by atoms with van der Waals surface area (Å²) in [5, 5.41) is 2.28. The zero-order chi connectivity index (χ0) is 20.5. The summed E-state index contributed by atoms with van der Waals surface area (Å²) in [6.45, 7) is 8.91. The average molecular weight is 419 g/mol. The molecule has 3 heteroatoms. The quantitative estimate of drug-likeness (QED) is 0.303. The topological polar surface area (TPSA) is 17.1 Å². The molecule has 1 aliphatic carbocycles. The molecule has 3 aromatic rings. The fourth-order valence-electron chi connectivity index (χ4n) is 4.45. The van der Waals surface area contributed by atoms with Gasteiger partial charge in [0.25, 0.3) is 0 Å². The van der Waals surface area contributed by atoms with Gasteiger partial charge < -0.3 is 0 Å². The van der Waals surface area contributed by atoms with Crippen LogP contribution in [0, 0.1) is 27.7 Å². The minimum atomic E-state index is 0.0582. The summed E-state index contributed by atoms with van der Waals surface area (Å²) in [5.41, 5.74) is 9.41. The molecule has 0 unspecified atom stereocenters. The van der Waals surface area contributed by atoms with E-state index in [4.69, 9.17) is 0 Å². The van der Waals surface area contributed by atoms with Gasteiger partial charge in [-0.2, -0.15) is 0 Å². The molecule has 0 saturated carbocycles. The molecule has 4 rings (SSSR count). The first-order valence-corrected chi connectivity index (χ1v) is 11.8. The van der Waals surface area contributed by atoms with Crippen LogP contribution in [-0.2, 0) is 0 Å². The highest BCUT2D eigenvalue weighted by atomic mass is 32.1. The molecule has 148 valence electrons. The maximum absolute atomic E-state index is 12.5. The Morgan fingerprint density at radius 3 is 2.28 bits per heavy atom. The van der Waals surface area contributed by atoms with Gasteiger partial charge in [-0.1, -0.05) is 30.3 Å². The van der Waals surface area contributed by atoms with E-state index in [0.29, 0.717) is 0 Å². The second-order valence-electron chi connectivity index (χ2n) is 7.75. The SMILES string of the molecule is Cc1csc(C)c1C1=C(c2c(C)sc(/C=C/C(=O)c3ccccc3)c2C)CCC1. The van der Waals surface area contributed by atoms with Crippen molar-refractivity contribution in [2.24, 2.45) is 0 Å². The number of carbonyl (C=O) groups is 1. The third-order valence-electron chi connectivity index (χ3n) is 5.78. The maximum atomic E-state index is 12.5. The van der Waals surface area contributed by atoms with Crippen molar-refractivity contribution < 1.29 is 4.79 Å². The molecule has 0 bridgehead atoms. The minimum Gasteiger partial charge on any atom is -0.289 e. The first kappa shape index (κ1) is 20.1. The fraction of sp³-hybridized carbons (Fsp3) is 0.269. The number of rotatable bonds is 5. The summed E-state index contributed by atoms with van der Waals surface area (Å²) in [5.74, 6) is 0.0582. The second-order valence-corrected chi connectivity index (χ2v) is 10.1. The number of hydrogen-bond acceptors (Lipinski definition) is 3. The van der Waals surface area contributed by atoms with E-state index in [1.807, 2.05) is 47.7 Å². The lowest BCUT2D eigenvalue weighted by molar-refractivity contribution is 0.104. The lowest BCUT2D eigenvalue weighted by Crippen LogP contribution is -1.93. The van der Waals surface area contributed by atoms with E-state index in [1.165, 1.54) is 55.3 Å². The van der Waals surface area contributed by atoms with Crippen molar-refractivity contribution in [2.75, 3.05) is 0 Å². The number of benzene rings is 1. The summed E-state index contributed by atoms with van der Waals surface area (Å²) >= 11 is 3.66. The summed E-state index contributed by atoms with van der Waals surface area (Å²) < 4.78 is 0. The summed E-state index contributed by atoms with van der Waals surface area (Å²) in [7, 11) is 0. The van der Waals surface area contributed by atoms with E-state index in [2.05, 4.69) is 33.1 Å². The molecular weight excluding hydrogens is 392 g/mol. The predicted molar refractivity (Wildman–Crippen MR) is 128 cm³/mol. The lowest BCUT2D eigenvalue weighted by atomic mass is 9.93. The molecule has 2 heterocycles. The van der Waals surface area contributed by atoms with E-state index in [9.17, 15) is 4.79 Å². The highest BCUT2D eigenvalue weighted by Gasteiger charge is 2.25. The van der Waals surface area contributed by atoms with E-state index in [1.54, 1.807) is 23.0 Å². The van der Waals surface area contributed by atoms with E-state index in [0.717, 1.165) is 12.0 Å². The van der Waals surface area contributed by atoms with Gasteiger partial charge in [0.2, 0.25) is 0 Å². The van der Waals surface area contributed by atoms with E-state index in [-0.39, 0.29) is 5.78 Å². The summed E-state index contributed by atoms with van der Waals surface area (Å²) in [6.07, 6.45) is 7.26. The molecule has 0 spiro atoms. The highest BCUT2D eigenvalue weighted by Crippen LogP contribution is 2.47. The van der Waals surface area contributed by atoms with Crippen molar-refractivity contribution in [3.63, 3.8) is 0 Å². The van der Waals surface area contributed by atoms with Crippen molar-refractivity contribution in [3.8, 4) is 0 Å². The molecule has 1 aromatic carbocycles. The molecule has 2 aromatic heterocycles. The highest BCUT2D eigenvalue weighted by molar-refractivity contribution is 7.13. The standard InChI is InChI=1S/C26H26OS2/c1-16-15-28-18(3)25(16)21-11-8-12-22(21)26-17(2)24(29-19(26)4)14-13-23(27)20-9-6-5-7-10-20/h5-7,9-10,13-15H,8,11-12H2,1-4H3/b14-13+. The van der Waals surface area contributed by atoms with Crippen LogP contribution in [-0.4, -0.2) is 5.78 Å². The third-order valence-corrected chi connectivity index (χ3v) is 7.99. The number of allylic oxidation sites excluding steroid dienone is 3. The van der Waals surface area contributed by atoms with Crippen molar-refractivity contribution in [3.05, 3.63) is 84.2 Å². The molecule has 0 saturated heterocycles. The predicted octanol–water partition coefficient (Wildman–Crippen LogP) is 8.03. The van der Waals surface area contributed by atoms with Gasteiger partial charge in [-0.3, -0.25) is 4.79 Å². The normalized spacial score (nSPS) is 14.3. The summed E-state index contributed by atoms with van der Waals surface area (Å²) in [6, 6.07) is 9.48. The second kappa shape index (κ2) is 8.25. The Bertz CT molecular complexity index is 1100. The number of carbonyl (C=O) groups excluding carboxylic acids is 1. The molecule has 0 amide bonds. The largest absolute Gasteiger partial charge is 0.289 e. The van der Waals surface area contributed by atoms with Crippen molar-refractivity contribution >= 4 is 45.7 Å². The van der Waals surface area contributed by atoms with E-state index < -0.39 is 0 Å². The van der Waals surface area contributed by atoms with Gasteiger partial charge >= 0.3 is 0 Å². The van der Waals surface area contributed by atoms with E-state index >= 15 is 0 Å². The number of hydrogen-bond donors (Lipinski definition) is 0. The Labute approximate surface area is 181 Å². The lowest BCUT2D eigenvalue weighted by Gasteiger charge is -2.11. The van der Waals surface area contributed by atoms with Crippen LogP contribution in [0.2, 0.25) is 0 Å². The van der Waals surface area contributed by atoms with Crippen molar-refractivity contribution in [2.45, 2.75) is 47.0 Å². The molecule has 0 N–H and O–H groups in total. The smallest absolute Gasteiger partial charge is 0.185 e. The van der Waals surface area contributed by atoms with Gasteiger partial charge in [-0.15, -0.1) is 22.7 Å². The van der Waals surface area contributed by atoms with Gasteiger partial charge in [0.1, 0.15) is 0 Å². The molecule has 0 atom stereocenters. The molecule has 0 radical (unpaired) electrons. The Kier molecular flexibility index (Phi) is 5.71. The molecular formula is C26H26OS2. The van der Waals surface area contributed by atoms with Crippen molar-refractivity contribution in [1.82, 2.24) is 0 Å². The minimum absolute atomic E-state index is 0.0582. The Morgan fingerprint density at radius 2 is 1.62 bits per heavy atom. The van der Waals surface area contributed by atoms with Crippen LogP contribution in [0.3, 0.4) is 0 Å². The molecule has 0 fully saturated rings. The number of ketones is 1. The summed E-state index contributed by atoms with van der Waals surface area (Å²) in [4.78, 5) is 16.4. The fourth-order valence-corrected chi connectivity index (χ4v) is 6.42. The van der Waals surface area contributed by atoms with Crippen LogP contribution < -0.4 is 0 Å². The Hall–Kier alpha value is -2.23. The monoisotopic (exact) mass is 418 g/mol. The third kappa shape index (κ3) is 3.82. The average Bonchev–Trinajstić information content (AvgIpc) is 3.38. The zero-order valence-electron chi connectivity index (χ0n) is 17.5. The molecule has 0 aliphatic heterocycles. The number of aryl methyl sites for hydroxylation is 3.